The molecule has 1 fully saturated rings. The SMILES string of the molecule is CC1CN(C(=O)c2ccc(CNC(=O)CCc3ncc(-c4ccccc4F)o3)cc2)CC(C)O1. The van der Waals surface area contributed by atoms with E-state index in [9.17, 15) is 14.0 Å². The molecule has 0 bridgehead atoms. The summed E-state index contributed by atoms with van der Waals surface area (Å²) in [4.78, 5) is 31.0. The number of halogens is 1. The standard InChI is InChI=1S/C26H28FN3O4/c1-17-15-30(16-18(2)33-17)26(32)20-9-7-19(8-10-20)13-28-24(31)11-12-25-29-14-23(34-25)21-5-3-4-6-22(21)27/h3-10,14,17-18H,11-13,15-16H2,1-2H3,(H,28,31). The fourth-order valence-electron chi connectivity index (χ4n) is 4.01. The molecule has 0 spiro atoms. The smallest absolute Gasteiger partial charge is 0.254 e. The Balaban J connectivity index is 1.24. The van der Waals surface area contributed by atoms with E-state index in [0.717, 1.165) is 5.56 Å². The normalized spacial score (nSPS) is 18.0. The molecule has 3 aromatic rings. The number of rotatable bonds is 7. The Hall–Kier alpha value is -3.52. The van der Waals surface area contributed by atoms with Gasteiger partial charge in [0.05, 0.1) is 24.0 Å². The Bertz CT molecular complexity index is 1130. The number of aromatic nitrogens is 1. The van der Waals surface area contributed by atoms with E-state index in [1.165, 1.54) is 12.3 Å². The lowest BCUT2D eigenvalue weighted by atomic mass is 10.1. The van der Waals surface area contributed by atoms with Gasteiger partial charge in [-0.15, -0.1) is 0 Å². The minimum Gasteiger partial charge on any atom is -0.441 e. The lowest BCUT2D eigenvalue weighted by Crippen LogP contribution is -2.48. The third-order valence-electron chi connectivity index (χ3n) is 5.66. The van der Waals surface area contributed by atoms with Crippen LogP contribution in [-0.4, -0.2) is 47.0 Å². The van der Waals surface area contributed by atoms with Crippen LogP contribution < -0.4 is 5.32 Å². The average Bonchev–Trinajstić information content (AvgIpc) is 3.30. The van der Waals surface area contributed by atoms with Gasteiger partial charge in [-0.3, -0.25) is 9.59 Å². The van der Waals surface area contributed by atoms with Gasteiger partial charge in [-0.2, -0.15) is 0 Å². The lowest BCUT2D eigenvalue weighted by Gasteiger charge is -2.35. The van der Waals surface area contributed by atoms with Crippen molar-refractivity contribution in [3.8, 4) is 11.3 Å². The highest BCUT2D eigenvalue weighted by molar-refractivity contribution is 5.94. The number of benzene rings is 2. The zero-order valence-corrected chi connectivity index (χ0v) is 19.3. The highest BCUT2D eigenvalue weighted by Gasteiger charge is 2.26. The molecule has 1 saturated heterocycles. The van der Waals surface area contributed by atoms with Gasteiger partial charge < -0.3 is 19.4 Å². The van der Waals surface area contributed by atoms with Crippen LogP contribution in [0.25, 0.3) is 11.3 Å². The van der Waals surface area contributed by atoms with Crippen molar-refractivity contribution in [2.75, 3.05) is 13.1 Å². The Labute approximate surface area is 197 Å². The van der Waals surface area contributed by atoms with Crippen LogP contribution in [0, 0.1) is 5.82 Å². The molecule has 2 heterocycles. The monoisotopic (exact) mass is 465 g/mol. The van der Waals surface area contributed by atoms with Gasteiger partial charge in [0.2, 0.25) is 5.91 Å². The molecule has 34 heavy (non-hydrogen) atoms. The minimum absolute atomic E-state index is 0.0155. The molecule has 1 N–H and O–H groups in total. The minimum atomic E-state index is -0.385. The number of hydrogen-bond donors (Lipinski definition) is 1. The number of oxazole rings is 1. The second-order valence-corrected chi connectivity index (χ2v) is 8.54. The number of amides is 2. The third kappa shape index (κ3) is 5.88. The number of carbonyl (C=O) groups excluding carboxylic acids is 2. The predicted octanol–water partition coefficient (Wildman–Crippen LogP) is 3.98. The summed E-state index contributed by atoms with van der Waals surface area (Å²) in [5.41, 5.74) is 1.85. The molecule has 0 aliphatic carbocycles. The maximum atomic E-state index is 13.9. The Morgan fingerprint density at radius 1 is 1.09 bits per heavy atom. The topological polar surface area (TPSA) is 84.7 Å². The van der Waals surface area contributed by atoms with Crippen LogP contribution in [0.2, 0.25) is 0 Å². The van der Waals surface area contributed by atoms with E-state index in [2.05, 4.69) is 10.3 Å². The van der Waals surface area contributed by atoms with Gasteiger partial charge >= 0.3 is 0 Å². The summed E-state index contributed by atoms with van der Waals surface area (Å²) in [7, 11) is 0. The van der Waals surface area contributed by atoms with Gasteiger partial charge in [0.15, 0.2) is 11.7 Å². The number of aryl methyl sites for hydroxylation is 1. The zero-order chi connectivity index (χ0) is 24.1. The second kappa shape index (κ2) is 10.6. The van der Waals surface area contributed by atoms with E-state index in [4.69, 9.17) is 9.15 Å². The van der Waals surface area contributed by atoms with Crippen LogP contribution >= 0.6 is 0 Å². The molecule has 1 aliphatic rings. The molecule has 2 atom stereocenters. The van der Waals surface area contributed by atoms with Crippen LogP contribution in [-0.2, 0) is 22.5 Å². The molecule has 2 unspecified atom stereocenters. The van der Waals surface area contributed by atoms with Crippen LogP contribution in [0.4, 0.5) is 4.39 Å². The molecule has 2 amide bonds. The quantitative estimate of drug-likeness (QED) is 0.571. The summed E-state index contributed by atoms with van der Waals surface area (Å²) in [5, 5.41) is 2.86. The largest absolute Gasteiger partial charge is 0.441 e. The van der Waals surface area contributed by atoms with E-state index in [1.54, 1.807) is 30.3 Å². The van der Waals surface area contributed by atoms with Crippen molar-refractivity contribution < 1.29 is 23.1 Å². The van der Waals surface area contributed by atoms with Crippen molar-refractivity contribution in [2.45, 2.75) is 45.4 Å². The van der Waals surface area contributed by atoms with E-state index >= 15 is 0 Å². The number of nitrogens with one attached hydrogen (secondary N) is 1. The first-order valence-corrected chi connectivity index (χ1v) is 11.4. The molecule has 1 aromatic heterocycles. The molecule has 178 valence electrons. The van der Waals surface area contributed by atoms with Gasteiger partial charge in [-0.1, -0.05) is 24.3 Å². The van der Waals surface area contributed by atoms with Gasteiger partial charge in [0.25, 0.3) is 5.91 Å². The van der Waals surface area contributed by atoms with Crippen LogP contribution in [0.15, 0.2) is 59.1 Å². The summed E-state index contributed by atoms with van der Waals surface area (Å²) in [5.74, 6) is 0.164. The highest BCUT2D eigenvalue weighted by Crippen LogP contribution is 2.23. The number of ether oxygens (including phenoxy) is 1. The van der Waals surface area contributed by atoms with Crippen molar-refractivity contribution in [2.24, 2.45) is 0 Å². The molecule has 0 saturated carbocycles. The summed E-state index contributed by atoms with van der Waals surface area (Å²) in [6.45, 7) is 5.43. The Morgan fingerprint density at radius 2 is 1.79 bits per heavy atom. The molecule has 2 aromatic carbocycles. The molecular weight excluding hydrogens is 437 g/mol. The fraction of sp³-hybridized carbons (Fsp3) is 0.346. The summed E-state index contributed by atoms with van der Waals surface area (Å²) < 4.78 is 25.2. The summed E-state index contributed by atoms with van der Waals surface area (Å²) in [6, 6.07) is 13.6. The van der Waals surface area contributed by atoms with E-state index in [0.29, 0.717) is 48.8 Å². The Kier molecular flexibility index (Phi) is 7.37. The van der Waals surface area contributed by atoms with Gasteiger partial charge in [-0.05, 0) is 43.7 Å². The third-order valence-corrected chi connectivity index (χ3v) is 5.66. The maximum absolute atomic E-state index is 13.9. The van der Waals surface area contributed by atoms with Crippen molar-refractivity contribution in [1.82, 2.24) is 15.2 Å². The van der Waals surface area contributed by atoms with Crippen LogP contribution in [0.5, 0.6) is 0 Å². The van der Waals surface area contributed by atoms with Crippen LogP contribution in [0.1, 0.15) is 42.1 Å². The Morgan fingerprint density at radius 3 is 2.50 bits per heavy atom. The first kappa shape index (κ1) is 23.6. The van der Waals surface area contributed by atoms with Crippen LogP contribution in [0.3, 0.4) is 0 Å². The van der Waals surface area contributed by atoms with Crippen molar-refractivity contribution in [3.05, 3.63) is 77.6 Å². The summed E-state index contributed by atoms with van der Waals surface area (Å²) >= 11 is 0. The summed E-state index contributed by atoms with van der Waals surface area (Å²) in [6.07, 6.45) is 2.01. The number of morpholine rings is 1. The zero-order valence-electron chi connectivity index (χ0n) is 19.3. The molecule has 1 aliphatic heterocycles. The molecule has 7 nitrogen and oxygen atoms in total. The van der Waals surface area contributed by atoms with E-state index in [-0.39, 0.29) is 36.3 Å². The molecule has 4 rings (SSSR count). The van der Waals surface area contributed by atoms with Crippen molar-refractivity contribution in [1.29, 1.82) is 0 Å². The van der Waals surface area contributed by atoms with Gasteiger partial charge in [0.1, 0.15) is 5.82 Å². The second-order valence-electron chi connectivity index (χ2n) is 8.54. The van der Waals surface area contributed by atoms with Crippen molar-refractivity contribution in [3.63, 3.8) is 0 Å². The molecular formula is C26H28FN3O4. The fourth-order valence-corrected chi connectivity index (χ4v) is 4.01. The average molecular weight is 466 g/mol. The number of nitrogens with zero attached hydrogens (tertiary/aromatic N) is 2. The van der Waals surface area contributed by atoms with Gasteiger partial charge in [-0.25, -0.2) is 9.37 Å². The molecule has 8 heteroatoms. The van der Waals surface area contributed by atoms with E-state index in [1.807, 2.05) is 30.9 Å². The number of hydrogen-bond acceptors (Lipinski definition) is 5. The van der Waals surface area contributed by atoms with Crippen molar-refractivity contribution >= 4 is 11.8 Å². The first-order chi connectivity index (χ1) is 16.4. The maximum Gasteiger partial charge on any atom is 0.254 e. The van der Waals surface area contributed by atoms with Gasteiger partial charge in [0, 0.05) is 38.0 Å². The lowest BCUT2D eigenvalue weighted by molar-refractivity contribution is -0.121. The molecule has 0 radical (unpaired) electrons. The first-order valence-electron chi connectivity index (χ1n) is 11.4. The predicted molar refractivity (Wildman–Crippen MR) is 124 cm³/mol. The highest BCUT2D eigenvalue weighted by atomic mass is 19.1. The van der Waals surface area contributed by atoms with E-state index < -0.39 is 0 Å². The number of carbonyl (C=O) groups is 2.